The van der Waals surface area contributed by atoms with Gasteiger partial charge in [0.05, 0.1) is 6.54 Å². The molecule has 1 unspecified atom stereocenters. The summed E-state index contributed by atoms with van der Waals surface area (Å²) >= 11 is 9.63. The Balaban J connectivity index is 2.90. The van der Waals surface area contributed by atoms with Crippen LogP contribution in [0.4, 0.5) is 0 Å². The molecule has 0 bridgehead atoms. The highest BCUT2D eigenvalue weighted by Gasteiger charge is 2.20. The summed E-state index contributed by atoms with van der Waals surface area (Å²) in [6, 6.07) is 5.63. The van der Waals surface area contributed by atoms with Crippen LogP contribution in [0.5, 0.6) is 0 Å². The van der Waals surface area contributed by atoms with Gasteiger partial charge in [0, 0.05) is 28.6 Å². The second-order valence-corrected chi connectivity index (χ2v) is 6.33. The van der Waals surface area contributed by atoms with E-state index < -0.39 is 5.97 Å². The van der Waals surface area contributed by atoms with Gasteiger partial charge in [0.2, 0.25) is 0 Å². The van der Waals surface area contributed by atoms with E-state index in [2.05, 4.69) is 15.9 Å². The Labute approximate surface area is 133 Å². The van der Waals surface area contributed by atoms with E-state index in [0.29, 0.717) is 11.6 Å². The molecule has 0 aliphatic heterocycles. The lowest BCUT2D eigenvalue weighted by Crippen LogP contribution is -2.37. The van der Waals surface area contributed by atoms with Crippen LogP contribution in [0.2, 0.25) is 5.02 Å². The molecule has 20 heavy (non-hydrogen) atoms. The number of hydrogen-bond donors (Lipinski definition) is 1. The van der Waals surface area contributed by atoms with Crippen molar-refractivity contribution in [2.45, 2.75) is 13.0 Å². The number of carboxylic acids is 1. The molecule has 0 aliphatic rings. The maximum absolute atomic E-state index is 11.0. The summed E-state index contributed by atoms with van der Waals surface area (Å²) in [4.78, 5) is 15.0. The van der Waals surface area contributed by atoms with Crippen molar-refractivity contribution in [3.63, 3.8) is 0 Å². The second-order valence-electron chi connectivity index (χ2n) is 5.01. The van der Waals surface area contributed by atoms with Crippen molar-refractivity contribution >= 4 is 33.5 Å². The van der Waals surface area contributed by atoms with E-state index in [1.54, 1.807) is 0 Å². The molecule has 1 aromatic rings. The minimum absolute atomic E-state index is 0.00139. The monoisotopic (exact) mass is 362 g/mol. The minimum Gasteiger partial charge on any atom is -0.480 e. The summed E-state index contributed by atoms with van der Waals surface area (Å²) < 4.78 is 0.913. The molecule has 1 atom stereocenters. The molecule has 0 fully saturated rings. The van der Waals surface area contributed by atoms with E-state index in [0.717, 1.165) is 16.6 Å². The predicted molar refractivity (Wildman–Crippen MR) is 85.3 cm³/mol. The van der Waals surface area contributed by atoms with Gasteiger partial charge in [0.1, 0.15) is 0 Å². The zero-order valence-electron chi connectivity index (χ0n) is 11.9. The second kappa shape index (κ2) is 7.98. The fraction of sp³-hybridized carbons (Fsp3) is 0.500. The van der Waals surface area contributed by atoms with E-state index in [4.69, 9.17) is 16.7 Å². The van der Waals surface area contributed by atoms with E-state index in [1.807, 2.05) is 49.0 Å². The van der Waals surface area contributed by atoms with Gasteiger partial charge in [-0.2, -0.15) is 0 Å². The van der Waals surface area contributed by atoms with Gasteiger partial charge in [0.25, 0.3) is 0 Å². The van der Waals surface area contributed by atoms with Crippen LogP contribution in [0.3, 0.4) is 0 Å². The number of halogens is 2. The zero-order chi connectivity index (χ0) is 15.3. The average Bonchev–Trinajstić information content (AvgIpc) is 2.33. The van der Waals surface area contributed by atoms with Gasteiger partial charge in [-0.15, -0.1) is 0 Å². The molecule has 0 saturated carbocycles. The molecule has 0 saturated heterocycles. The van der Waals surface area contributed by atoms with Crippen LogP contribution in [-0.4, -0.2) is 54.6 Å². The van der Waals surface area contributed by atoms with Crippen molar-refractivity contribution in [2.75, 3.05) is 33.7 Å². The van der Waals surface area contributed by atoms with Crippen LogP contribution in [0.25, 0.3) is 0 Å². The number of carboxylic acid groups (broad SMARTS) is 1. The highest BCUT2D eigenvalue weighted by Crippen LogP contribution is 2.29. The Morgan fingerprint density at radius 2 is 2.05 bits per heavy atom. The van der Waals surface area contributed by atoms with Crippen LogP contribution >= 0.6 is 27.5 Å². The largest absolute Gasteiger partial charge is 0.480 e. The number of nitrogens with zero attached hydrogens (tertiary/aromatic N) is 2. The molecule has 0 spiro atoms. The van der Waals surface area contributed by atoms with Gasteiger partial charge < -0.3 is 10.0 Å². The van der Waals surface area contributed by atoms with Gasteiger partial charge in [-0.05, 0) is 38.7 Å². The Morgan fingerprint density at radius 1 is 1.40 bits per heavy atom. The highest BCUT2D eigenvalue weighted by molar-refractivity contribution is 9.10. The smallest absolute Gasteiger partial charge is 0.317 e. The van der Waals surface area contributed by atoms with Gasteiger partial charge in [-0.3, -0.25) is 9.69 Å². The number of rotatable bonds is 7. The van der Waals surface area contributed by atoms with Gasteiger partial charge in [0.15, 0.2) is 0 Å². The summed E-state index contributed by atoms with van der Waals surface area (Å²) in [6.45, 7) is 3.45. The first-order valence-corrected chi connectivity index (χ1v) is 7.54. The number of benzene rings is 1. The normalized spacial score (nSPS) is 12.9. The van der Waals surface area contributed by atoms with Crippen molar-refractivity contribution in [1.82, 2.24) is 9.80 Å². The van der Waals surface area contributed by atoms with E-state index in [-0.39, 0.29) is 12.6 Å². The molecule has 1 rings (SSSR count). The van der Waals surface area contributed by atoms with Crippen molar-refractivity contribution in [1.29, 1.82) is 0 Å². The Bertz CT molecular complexity index is 468. The molecular formula is C14H20BrClN2O2. The molecule has 0 aromatic heterocycles. The van der Waals surface area contributed by atoms with Gasteiger partial charge in [-0.25, -0.2) is 0 Å². The first kappa shape index (κ1) is 17.4. The zero-order valence-corrected chi connectivity index (χ0v) is 14.3. The molecule has 0 heterocycles. The van der Waals surface area contributed by atoms with Crippen LogP contribution in [0.15, 0.2) is 22.7 Å². The molecule has 1 aromatic carbocycles. The molecular weight excluding hydrogens is 344 g/mol. The SMILES string of the molecule is CC(c1ccc(Br)cc1Cl)N(CCN(C)C)CC(=O)O. The highest BCUT2D eigenvalue weighted by atomic mass is 79.9. The maximum Gasteiger partial charge on any atom is 0.317 e. The number of aliphatic carboxylic acids is 1. The lowest BCUT2D eigenvalue weighted by molar-refractivity contribution is -0.138. The molecule has 6 heteroatoms. The maximum atomic E-state index is 11.0. The lowest BCUT2D eigenvalue weighted by Gasteiger charge is -2.29. The van der Waals surface area contributed by atoms with Crippen LogP contribution in [0, 0.1) is 0 Å². The van der Waals surface area contributed by atoms with E-state index in [1.165, 1.54) is 0 Å². The van der Waals surface area contributed by atoms with E-state index in [9.17, 15) is 4.79 Å². The van der Waals surface area contributed by atoms with Crippen molar-refractivity contribution in [3.8, 4) is 0 Å². The lowest BCUT2D eigenvalue weighted by atomic mass is 10.1. The summed E-state index contributed by atoms with van der Waals surface area (Å²) in [5.74, 6) is -0.830. The summed E-state index contributed by atoms with van der Waals surface area (Å²) in [6.07, 6.45) is 0. The van der Waals surface area contributed by atoms with Crippen molar-refractivity contribution < 1.29 is 9.90 Å². The third kappa shape index (κ3) is 5.40. The van der Waals surface area contributed by atoms with Crippen LogP contribution < -0.4 is 0 Å². The van der Waals surface area contributed by atoms with Gasteiger partial charge in [-0.1, -0.05) is 33.6 Å². The third-order valence-corrected chi connectivity index (χ3v) is 3.95. The summed E-state index contributed by atoms with van der Waals surface area (Å²) in [5.41, 5.74) is 0.940. The average molecular weight is 364 g/mol. The van der Waals surface area contributed by atoms with Crippen molar-refractivity contribution in [2.24, 2.45) is 0 Å². The van der Waals surface area contributed by atoms with Gasteiger partial charge >= 0.3 is 5.97 Å². The first-order chi connectivity index (χ1) is 9.31. The minimum atomic E-state index is -0.830. The number of carbonyl (C=O) groups is 1. The molecule has 0 amide bonds. The third-order valence-electron chi connectivity index (χ3n) is 3.13. The first-order valence-electron chi connectivity index (χ1n) is 6.36. The van der Waals surface area contributed by atoms with Crippen LogP contribution in [0.1, 0.15) is 18.5 Å². The van der Waals surface area contributed by atoms with Crippen molar-refractivity contribution in [3.05, 3.63) is 33.3 Å². The number of likely N-dealkylation sites (N-methyl/N-ethyl adjacent to an activating group) is 1. The molecule has 4 nitrogen and oxygen atoms in total. The Morgan fingerprint density at radius 3 is 2.55 bits per heavy atom. The van der Waals surface area contributed by atoms with E-state index >= 15 is 0 Å². The Hall–Kier alpha value is -0.620. The summed E-state index contributed by atoms with van der Waals surface area (Å²) in [5, 5.41) is 9.71. The molecule has 0 aliphatic carbocycles. The Kier molecular flexibility index (Phi) is 6.95. The number of hydrogen-bond acceptors (Lipinski definition) is 3. The summed E-state index contributed by atoms with van der Waals surface area (Å²) in [7, 11) is 3.94. The van der Waals surface area contributed by atoms with Crippen LogP contribution in [-0.2, 0) is 4.79 Å². The fourth-order valence-corrected chi connectivity index (χ4v) is 2.78. The standard InChI is InChI=1S/C14H20BrClN2O2/c1-10(12-5-4-11(15)8-13(12)16)18(9-14(19)20)7-6-17(2)3/h4-5,8,10H,6-7,9H2,1-3H3,(H,19,20). The molecule has 0 radical (unpaired) electrons. The molecule has 1 N–H and O–H groups in total. The topological polar surface area (TPSA) is 43.8 Å². The fourth-order valence-electron chi connectivity index (χ4n) is 1.95. The molecule has 112 valence electrons. The quantitative estimate of drug-likeness (QED) is 0.808. The predicted octanol–water partition coefficient (Wildman–Crippen LogP) is 3.11.